The van der Waals surface area contributed by atoms with E-state index in [0.29, 0.717) is 11.5 Å². The zero-order valence-corrected chi connectivity index (χ0v) is 11.7. The Labute approximate surface area is 117 Å². The lowest BCUT2D eigenvalue weighted by Crippen LogP contribution is -2.68. The molecule has 0 spiro atoms. The SMILES string of the molecule is CSc1ccccc1C(=O)NC1C(N)C2CCOC21. The normalized spacial score (nSPS) is 32.5. The summed E-state index contributed by atoms with van der Waals surface area (Å²) in [7, 11) is 0. The van der Waals surface area contributed by atoms with Gasteiger partial charge in [0.15, 0.2) is 0 Å². The van der Waals surface area contributed by atoms with Crippen molar-refractivity contribution in [2.45, 2.75) is 29.5 Å². The minimum atomic E-state index is -0.0562. The van der Waals surface area contributed by atoms with Crippen LogP contribution in [0.5, 0.6) is 0 Å². The highest BCUT2D eigenvalue weighted by atomic mass is 32.2. The minimum absolute atomic E-state index is 0.0258. The van der Waals surface area contributed by atoms with Crippen molar-refractivity contribution in [3.8, 4) is 0 Å². The molecule has 2 aliphatic rings. The maximum absolute atomic E-state index is 12.3. The van der Waals surface area contributed by atoms with E-state index in [-0.39, 0.29) is 24.1 Å². The van der Waals surface area contributed by atoms with Crippen molar-refractivity contribution in [1.82, 2.24) is 5.32 Å². The van der Waals surface area contributed by atoms with Crippen molar-refractivity contribution >= 4 is 17.7 Å². The number of carbonyl (C=O) groups is 1. The monoisotopic (exact) mass is 278 g/mol. The van der Waals surface area contributed by atoms with Crippen LogP contribution in [0.25, 0.3) is 0 Å². The Morgan fingerprint density at radius 3 is 3.05 bits per heavy atom. The molecule has 4 atom stereocenters. The number of nitrogens with one attached hydrogen (secondary N) is 1. The van der Waals surface area contributed by atoms with Gasteiger partial charge < -0.3 is 15.8 Å². The number of ether oxygens (including phenoxy) is 1. The first-order chi connectivity index (χ1) is 9.22. The van der Waals surface area contributed by atoms with Gasteiger partial charge in [0.1, 0.15) is 0 Å². The molecule has 3 N–H and O–H groups in total. The molecule has 0 bridgehead atoms. The standard InChI is InChI=1S/C14H18N2O2S/c1-19-10-5-3-2-4-8(10)14(17)16-12-11(15)9-6-7-18-13(9)12/h2-5,9,11-13H,6-7,15H2,1H3,(H,16,17). The quantitative estimate of drug-likeness (QED) is 0.817. The number of nitrogens with two attached hydrogens (primary N) is 1. The summed E-state index contributed by atoms with van der Waals surface area (Å²) < 4.78 is 5.63. The number of amides is 1. The van der Waals surface area contributed by atoms with E-state index in [0.717, 1.165) is 17.9 Å². The summed E-state index contributed by atoms with van der Waals surface area (Å²) in [6.45, 7) is 0.761. The Morgan fingerprint density at radius 1 is 1.47 bits per heavy atom. The summed E-state index contributed by atoms with van der Waals surface area (Å²) in [5.41, 5.74) is 6.82. The molecule has 102 valence electrons. The number of fused-ring (bicyclic) bond motifs is 1. The number of rotatable bonds is 3. The van der Waals surface area contributed by atoms with Crippen molar-refractivity contribution in [1.29, 1.82) is 0 Å². The van der Waals surface area contributed by atoms with Crippen LogP contribution in [-0.4, -0.2) is 37.0 Å². The van der Waals surface area contributed by atoms with Gasteiger partial charge in [-0.1, -0.05) is 12.1 Å². The predicted octanol–water partition coefficient (Wildman–Crippen LogP) is 1.25. The average molecular weight is 278 g/mol. The van der Waals surface area contributed by atoms with E-state index in [1.165, 1.54) is 0 Å². The first kappa shape index (κ1) is 13.0. The third kappa shape index (κ3) is 2.16. The topological polar surface area (TPSA) is 64.4 Å². The van der Waals surface area contributed by atoms with Gasteiger partial charge in [0.05, 0.1) is 17.7 Å². The molecule has 19 heavy (non-hydrogen) atoms. The van der Waals surface area contributed by atoms with Crippen molar-refractivity contribution in [3.63, 3.8) is 0 Å². The van der Waals surface area contributed by atoms with Gasteiger partial charge in [0.25, 0.3) is 5.91 Å². The second kappa shape index (κ2) is 5.15. The maximum atomic E-state index is 12.3. The second-order valence-corrected chi connectivity index (χ2v) is 5.91. The molecule has 4 unspecified atom stereocenters. The van der Waals surface area contributed by atoms with E-state index in [2.05, 4.69) is 5.32 Å². The molecule has 0 radical (unpaired) electrons. The molecular weight excluding hydrogens is 260 g/mol. The fourth-order valence-electron chi connectivity index (χ4n) is 2.99. The van der Waals surface area contributed by atoms with E-state index < -0.39 is 0 Å². The molecule has 1 amide bonds. The van der Waals surface area contributed by atoms with Gasteiger partial charge in [-0.15, -0.1) is 11.8 Å². The molecule has 2 fully saturated rings. The third-order valence-corrected chi connectivity index (χ3v) is 4.89. The van der Waals surface area contributed by atoms with Gasteiger partial charge in [-0.25, -0.2) is 0 Å². The van der Waals surface area contributed by atoms with E-state index in [9.17, 15) is 4.79 Å². The van der Waals surface area contributed by atoms with Gasteiger partial charge in [-0.2, -0.15) is 0 Å². The number of hydrogen-bond acceptors (Lipinski definition) is 4. The minimum Gasteiger partial charge on any atom is -0.376 e. The lowest BCUT2D eigenvalue weighted by molar-refractivity contribution is -0.0161. The Morgan fingerprint density at radius 2 is 2.26 bits per heavy atom. The summed E-state index contributed by atoms with van der Waals surface area (Å²) in [5, 5.41) is 3.03. The average Bonchev–Trinajstić information content (AvgIpc) is 2.89. The van der Waals surface area contributed by atoms with E-state index in [4.69, 9.17) is 10.5 Å². The van der Waals surface area contributed by atoms with Crippen LogP contribution in [0.15, 0.2) is 29.2 Å². The highest BCUT2D eigenvalue weighted by Crippen LogP contribution is 2.38. The molecule has 1 aliphatic heterocycles. The van der Waals surface area contributed by atoms with E-state index in [1.54, 1.807) is 11.8 Å². The second-order valence-electron chi connectivity index (χ2n) is 5.06. The van der Waals surface area contributed by atoms with Crippen molar-refractivity contribution in [2.24, 2.45) is 11.7 Å². The van der Waals surface area contributed by atoms with Crippen LogP contribution < -0.4 is 11.1 Å². The van der Waals surface area contributed by atoms with Gasteiger partial charge >= 0.3 is 0 Å². The maximum Gasteiger partial charge on any atom is 0.252 e. The number of thioether (sulfide) groups is 1. The summed E-state index contributed by atoms with van der Waals surface area (Å²) >= 11 is 1.57. The fraction of sp³-hybridized carbons (Fsp3) is 0.500. The van der Waals surface area contributed by atoms with Gasteiger partial charge in [0, 0.05) is 23.5 Å². The molecule has 1 saturated carbocycles. The summed E-state index contributed by atoms with van der Waals surface area (Å²) in [4.78, 5) is 13.3. The Hall–Kier alpha value is -1.04. The van der Waals surface area contributed by atoms with Gasteiger partial charge in [-0.3, -0.25) is 4.79 Å². The summed E-state index contributed by atoms with van der Waals surface area (Å²) in [6, 6.07) is 7.60. The molecule has 3 rings (SSSR count). The molecule has 1 aliphatic carbocycles. The third-order valence-electron chi connectivity index (χ3n) is 4.10. The highest BCUT2D eigenvalue weighted by Gasteiger charge is 2.52. The van der Waals surface area contributed by atoms with Crippen LogP contribution in [0.2, 0.25) is 0 Å². The lowest BCUT2D eigenvalue weighted by atomic mass is 9.72. The molecule has 0 aromatic heterocycles. The number of benzene rings is 1. The molecule has 1 aromatic rings. The summed E-state index contributed by atoms with van der Waals surface area (Å²) in [6.07, 6.45) is 3.09. The molecule has 1 saturated heterocycles. The first-order valence-corrected chi connectivity index (χ1v) is 7.76. The Kier molecular flexibility index (Phi) is 3.52. The van der Waals surface area contributed by atoms with Gasteiger partial charge in [-0.05, 0) is 24.8 Å². The van der Waals surface area contributed by atoms with Crippen molar-refractivity contribution in [3.05, 3.63) is 29.8 Å². The fourth-order valence-corrected chi connectivity index (χ4v) is 3.58. The predicted molar refractivity (Wildman–Crippen MR) is 75.3 cm³/mol. The van der Waals surface area contributed by atoms with Crippen molar-refractivity contribution < 1.29 is 9.53 Å². The largest absolute Gasteiger partial charge is 0.376 e. The lowest BCUT2D eigenvalue weighted by Gasteiger charge is -2.45. The van der Waals surface area contributed by atoms with Crippen LogP contribution in [-0.2, 0) is 4.74 Å². The van der Waals surface area contributed by atoms with Crippen LogP contribution in [0, 0.1) is 5.92 Å². The number of carbonyl (C=O) groups excluding carboxylic acids is 1. The van der Waals surface area contributed by atoms with Crippen LogP contribution in [0.1, 0.15) is 16.8 Å². The van der Waals surface area contributed by atoms with Crippen LogP contribution in [0.4, 0.5) is 0 Å². The molecule has 4 nitrogen and oxygen atoms in total. The van der Waals surface area contributed by atoms with Crippen molar-refractivity contribution in [2.75, 3.05) is 12.9 Å². The van der Waals surface area contributed by atoms with Gasteiger partial charge in [0.2, 0.25) is 0 Å². The Bertz CT molecular complexity index is 494. The van der Waals surface area contributed by atoms with Crippen LogP contribution in [0.3, 0.4) is 0 Å². The molecule has 5 heteroatoms. The first-order valence-electron chi connectivity index (χ1n) is 6.53. The molecular formula is C14H18N2O2S. The van der Waals surface area contributed by atoms with Crippen LogP contribution >= 0.6 is 11.8 Å². The van der Waals surface area contributed by atoms with E-state index >= 15 is 0 Å². The summed E-state index contributed by atoms with van der Waals surface area (Å²) in [5.74, 6) is 0.362. The molecule has 1 aromatic carbocycles. The smallest absolute Gasteiger partial charge is 0.252 e. The zero-order chi connectivity index (χ0) is 13.4. The molecule has 1 heterocycles. The zero-order valence-electron chi connectivity index (χ0n) is 10.8. The highest BCUT2D eigenvalue weighted by molar-refractivity contribution is 7.98. The van der Waals surface area contributed by atoms with E-state index in [1.807, 2.05) is 30.5 Å². The number of hydrogen-bond donors (Lipinski definition) is 2. The Balaban J connectivity index is 1.72.